The summed E-state index contributed by atoms with van der Waals surface area (Å²) in [5, 5.41) is 10.1. The summed E-state index contributed by atoms with van der Waals surface area (Å²) in [5.74, 6) is -0.398. The van der Waals surface area contributed by atoms with E-state index in [0.29, 0.717) is 17.1 Å². The standard InChI is InChI=1S/C24H19BrN4O2/c1-16-7-9-17(10-8-16)23(30)28-22-21(15-26-29(22)20-5-3-2-4-6-20)24(31)27-19-13-11-18(25)12-14-19/h2-15H,1H3,(H,27,31)(H,28,30). The molecule has 0 radical (unpaired) electrons. The van der Waals surface area contributed by atoms with Crippen LogP contribution in [-0.2, 0) is 0 Å². The molecule has 0 aliphatic heterocycles. The number of nitrogens with one attached hydrogen (secondary N) is 2. The zero-order chi connectivity index (χ0) is 21.8. The highest BCUT2D eigenvalue weighted by molar-refractivity contribution is 9.10. The highest BCUT2D eigenvalue weighted by atomic mass is 79.9. The average molecular weight is 475 g/mol. The van der Waals surface area contributed by atoms with Crippen molar-refractivity contribution in [3.8, 4) is 5.69 Å². The van der Waals surface area contributed by atoms with Crippen LogP contribution in [0.5, 0.6) is 0 Å². The Labute approximate surface area is 188 Å². The molecule has 3 aromatic carbocycles. The Kier molecular flexibility index (Phi) is 5.95. The molecule has 154 valence electrons. The minimum Gasteiger partial charge on any atom is -0.322 e. The Balaban J connectivity index is 1.68. The van der Waals surface area contributed by atoms with Crippen LogP contribution in [0.3, 0.4) is 0 Å². The molecule has 0 fully saturated rings. The summed E-state index contributed by atoms with van der Waals surface area (Å²) < 4.78 is 2.45. The van der Waals surface area contributed by atoms with Crippen molar-refractivity contribution < 1.29 is 9.59 Å². The van der Waals surface area contributed by atoms with Gasteiger partial charge in [-0.2, -0.15) is 5.10 Å². The number of hydrogen-bond acceptors (Lipinski definition) is 3. The molecule has 0 saturated heterocycles. The second-order valence-electron chi connectivity index (χ2n) is 6.94. The summed E-state index contributed by atoms with van der Waals surface area (Å²) in [6.45, 7) is 1.96. The molecule has 0 atom stereocenters. The third kappa shape index (κ3) is 4.73. The molecule has 1 aromatic heterocycles. The van der Waals surface area contributed by atoms with E-state index >= 15 is 0 Å². The van der Waals surface area contributed by atoms with E-state index in [9.17, 15) is 9.59 Å². The maximum Gasteiger partial charge on any atom is 0.261 e. The Morgan fingerprint density at radius 1 is 0.839 bits per heavy atom. The lowest BCUT2D eigenvalue weighted by Crippen LogP contribution is -2.19. The van der Waals surface area contributed by atoms with E-state index in [-0.39, 0.29) is 17.4 Å². The third-order valence-electron chi connectivity index (χ3n) is 4.66. The monoisotopic (exact) mass is 474 g/mol. The van der Waals surface area contributed by atoms with Crippen LogP contribution in [0.2, 0.25) is 0 Å². The van der Waals surface area contributed by atoms with Gasteiger partial charge in [0.2, 0.25) is 0 Å². The molecular weight excluding hydrogens is 456 g/mol. The Morgan fingerprint density at radius 2 is 1.52 bits per heavy atom. The van der Waals surface area contributed by atoms with Gasteiger partial charge in [0, 0.05) is 15.7 Å². The van der Waals surface area contributed by atoms with Crippen molar-refractivity contribution >= 4 is 39.2 Å². The summed E-state index contributed by atoms with van der Waals surface area (Å²) in [7, 11) is 0. The molecule has 2 amide bonds. The first-order valence-corrected chi connectivity index (χ1v) is 10.4. The first kappa shape index (κ1) is 20.6. The second-order valence-corrected chi connectivity index (χ2v) is 7.85. The molecule has 0 unspecified atom stereocenters. The predicted octanol–water partition coefficient (Wildman–Crippen LogP) is 5.45. The van der Waals surface area contributed by atoms with Crippen molar-refractivity contribution in [2.45, 2.75) is 6.92 Å². The van der Waals surface area contributed by atoms with Crippen LogP contribution >= 0.6 is 15.9 Å². The van der Waals surface area contributed by atoms with Gasteiger partial charge in [0.1, 0.15) is 11.4 Å². The Morgan fingerprint density at radius 3 is 2.19 bits per heavy atom. The maximum absolute atomic E-state index is 13.0. The fourth-order valence-electron chi connectivity index (χ4n) is 3.02. The zero-order valence-corrected chi connectivity index (χ0v) is 18.3. The molecule has 31 heavy (non-hydrogen) atoms. The fraction of sp³-hybridized carbons (Fsp3) is 0.0417. The maximum atomic E-state index is 13.0. The molecule has 2 N–H and O–H groups in total. The van der Waals surface area contributed by atoms with Crippen molar-refractivity contribution in [2.75, 3.05) is 10.6 Å². The molecule has 0 bridgehead atoms. The van der Waals surface area contributed by atoms with E-state index in [1.165, 1.54) is 6.20 Å². The van der Waals surface area contributed by atoms with Crippen LogP contribution in [-0.4, -0.2) is 21.6 Å². The van der Waals surface area contributed by atoms with Crippen LogP contribution in [0.25, 0.3) is 5.69 Å². The number of aryl methyl sites for hydroxylation is 1. The number of rotatable bonds is 5. The molecule has 0 aliphatic carbocycles. The van der Waals surface area contributed by atoms with Crippen LogP contribution < -0.4 is 10.6 Å². The van der Waals surface area contributed by atoms with Crippen molar-refractivity contribution in [1.82, 2.24) is 9.78 Å². The van der Waals surface area contributed by atoms with E-state index < -0.39 is 0 Å². The van der Waals surface area contributed by atoms with Gasteiger partial charge >= 0.3 is 0 Å². The summed E-state index contributed by atoms with van der Waals surface area (Å²) in [6, 6.07) is 23.8. The zero-order valence-electron chi connectivity index (χ0n) is 16.7. The van der Waals surface area contributed by atoms with E-state index in [1.54, 1.807) is 28.9 Å². The quantitative estimate of drug-likeness (QED) is 0.403. The van der Waals surface area contributed by atoms with Gasteiger partial charge in [-0.25, -0.2) is 4.68 Å². The van der Waals surface area contributed by atoms with Gasteiger partial charge in [0.15, 0.2) is 0 Å². The molecule has 0 spiro atoms. The van der Waals surface area contributed by atoms with Gasteiger partial charge in [-0.05, 0) is 55.5 Å². The van der Waals surface area contributed by atoms with Crippen LogP contribution in [0.4, 0.5) is 11.5 Å². The molecule has 4 aromatic rings. The summed E-state index contributed by atoms with van der Waals surface area (Å²) in [4.78, 5) is 25.9. The largest absolute Gasteiger partial charge is 0.322 e. The second kappa shape index (κ2) is 8.97. The Hall–Kier alpha value is -3.71. The average Bonchev–Trinajstić information content (AvgIpc) is 3.20. The number of para-hydroxylation sites is 1. The Bertz CT molecular complexity index is 1220. The van der Waals surface area contributed by atoms with E-state index in [2.05, 4.69) is 31.7 Å². The summed E-state index contributed by atoms with van der Waals surface area (Å²) in [6.07, 6.45) is 1.45. The van der Waals surface area contributed by atoms with Crippen molar-refractivity contribution in [2.24, 2.45) is 0 Å². The van der Waals surface area contributed by atoms with Gasteiger partial charge < -0.3 is 10.6 Å². The SMILES string of the molecule is Cc1ccc(C(=O)Nc2c(C(=O)Nc3ccc(Br)cc3)cnn2-c2ccccc2)cc1. The molecule has 7 heteroatoms. The number of hydrogen-bond donors (Lipinski definition) is 2. The van der Waals surface area contributed by atoms with Crippen molar-refractivity contribution in [3.05, 3.63) is 106 Å². The molecule has 1 heterocycles. The molecule has 0 saturated carbocycles. The van der Waals surface area contributed by atoms with Crippen molar-refractivity contribution in [1.29, 1.82) is 0 Å². The van der Waals surface area contributed by atoms with E-state index in [0.717, 1.165) is 15.7 Å². The van der Waals surface area contributed by atoms with Gasteiger partial charge in [0.25, 0.3) is 11.8 Å². The number of carbonyl (C=O) groups is 2. The highest BCUT2D eigenvalue weighted by Crippen LogP contribution is 2.23. The lowest BCUT2D eigenvalue weighted by atomic mass is 10.1. The van der Waals surface area contributed by atoms with Crippen molar-refractivity contribution in [3.63, 3.8) is 0 Å². The highest BCUT2D eigenvalue weighted by Gasteiger charge is 2.21. The van der Waals surface area contributed by atoms with Gasteiger partial charge in [-0.1, -0.05) is 51.8 Å². The summed E-state index contributed by atoms with van der Waals surface area (Å²) >= 11 is 3.38. The van der Waals surface area contributed by atoms with Crippen LogP contribution in [0.15, 0.2) is 89.5 Å². The normalized spacial score (nSPS) is 10.5. The summed E-state index contributed by atoms with van der Waals surface area (Å²) in [5.41, 5.74) is 3.17. The minimum atomic E-state index is -0.372. The predicted molar refractivity (Wildman–Crippen MR) is 125 cm³/mol. The third-order valence-corrected chi connectivity index (χ3v) is 5.19. The number of aromatic nitrogens is 2. The first-order chi connectivity index (χ1) is 15.0. The number of amides is 2. The van der Waals surface area contributed by atoms with Gasteiger partial charge in [-0.3, -0.25) is 9.59 Å². The van der Waals surface area contributed by atoms with Crippen LogP contribution in [0.1, 0.15) is 26.3 Å². The molecule has 6 nitrogen and oxygen atoms in total. The van der Waals surface area contributed by atoms with E-state index in [1.807, 2.05) is 61.5 Å². The lowest BCUT2D eigenvalue weighted by molar-refractivity contribution is 0.102. The number of anilines is 2. The minimum absolute atomic E-state index is 0.257. The first-order valence-electron chi connectivity index (χ1n) is 9.59. The van der Waals surface area contributed by atoms with Gasteiger partial charge in [0.05, 0.1) is 11.9 Å². The molecule has 0 aliphatic rings. The topological polar surface area (TPSA) is 76.0 Å². The van der Waals surface area contributed by atoms with Crippen LogP contribution in [0, 0.1) is 6.92 Å². The smallest absolute Gasteiger partial charge is 0.261 e. The number of nitrogens with zero attached hydrogens (tertiary/aromatic N) is 2. The number of benzene rings is 3. The number of carbonyl (C=O) groups excluding carboxylic acids is 2. The molecular formula is C24H19BrN4O2. The molecule has 4 rings (SSSR count). The fourth-order valence-corrected chi connectivity index (χ4v) is 3.28. The van der Waals surface area contributed by atoms with Gasteiger partial charge in [-0.15, -0.1) is 0 Å². The number of halogens is 1. The lowest BCUT2D eigenvalue weighted by Gasteiger charge is -2.12. The van der Waals surface area contributed by atoms with E-state index in [4.69, 9.17) is 0 Å².